The molecule has 18 heteroatoms. The van der Waals surface area contributed by atoms with E-state index < -0.39 is 47.5 Å². The van der Waals surface area contributed by atoms with Crippen LogP contribution in [0.15, 0.2) is 47.4 Å². The van der Waals surface area contributed by atoms with Crippen molar-refractivity contribution in [2.45, 2.75) is 76.1 Å². The molecule has 7 rings (SSSR count). The highest BCUT2D eigenvalue weighted by molar-refractivity contribution is 6.03. The van der Waals surface area contributed by atoms with Gasteiger partial charge in [-0.25, -0.2) is 18.6 Å². The number of imidazole rings is 1. The maximum Gasteiger partial charge on any atom is 0.433 e. The molecular formula is C38H44F5N9O4. The van der Waals surface area contributed by atoms with Crippen molar-refractivity contribution in [3.63, 3.8) is 0 Å². The summed E-state index contributed by atoms with van der Waals surface area (Å²) in [7, 11) is 1.72. The maximum atomic E-state index is 13.9. The maximum absolute atomic E-state index is 13.9. The van der Waals surface area contributed by atoms with Crippen LogP contribution < -0.4 is 16.3 Å². The zero-order valence-electron chi connectivity index (χ0n) is 30.9. The molecule has 4 aromatic rings. The van der Waals surface area contributed by atoms with Gasteiger partial charge in [-0.2, -0.15) is 18.3 Å². The number of amides is 3. The molecule has 0 bridgehead atoms. The molecule has 3 aliphatic rings. The monoisotopic (exact) mass is 785 g/mol. The lowest BCUT2D eigenvalue weighted by Gasteiger charge is -2.38. The van der Waals surface area contributed by atoms with Crippen LogP contribution in [0.25, 0.3) is 11.0 Å². The number of alkyl halides is 5. The number of para-hydroxylation sites is 1. The average molecular weight is 786 g/mol. The molecule has 2 saturated heterocycles. The first-order valence-electron chi connectivity index (χ1n) is 19.0. The number of hydrogen-bond donors (Lipinski definition) is 2. The number of aromatic nitrogens is 5. The second-order valence-electron chi connectivity index (χ2n) is 15.0. The van der Waals surface area contributed by atoms with E-state index in [-0.39, 0.29) is 36.2 Å². The topological polar surface area (TPSA) is 139 Å². The van der Waals surface area contributed by atoms with Crippen molar-refractivity contribution >= 4 is 34.4 Å². The Morgan fingerprint density at radius 2 is 1.68 bits per heavy atom. The largest absolute Gasteiger partial charge is 0.433 e. The number of fused-ring (bicyclic) bond motifs is 1. The average Bonchev–Trinajstić information content (AvgIpc) is 3.71. The lowest BCUT2D eigenvalue weighted by molar-refractivity contribution is -0.141. The summed E-state index contributed by atoms with van der Waals surface area (Å²) in [6.45, 7) is 5.56. The summed E-state index contributed by atoms with van der Waals surface area (Å²) in [5.74, 6) is -1.37. The van der Waals surface area contributed by atoms with E-state index in [0.717, 1.165) is 94.2 Å². The Hall–Kier alpha value is -4.97. The predicted molar refractivity (Wildman–Crippen MR) is 195 cm³/mol. The van der Waals surface area contributed by atoms with E-state index in [1.807, 2.05) is 18.2 Å². The standard InChI is InChI=1S/C38H44F5N9O4/c1-48-33-24(5-2-8-28(33)52(37(48)56)29-14-15-31(53)46-36(29)55)6-4-16-49-17-19-50(20-18-49)21-23-10-12-25(13-11-23)51-22-27(32(47-51)34(39)40)45-35(54)26-7-3-9-30(44-26)38(41,42)43/h2-3,5,7-9,22-23,25,29,34H,4,6,10-21H2,1H3,(H,45,54)(H,46,53,55). The van der Waals surface area contributed by atoms with Gasteiger partial charge in [0.25, 0.3) is 12.3 Å². The van der Waals surface area contributed by atoms with Crippen molar-refractivity contribution in [2.24, 2.45) is 13.0 Å². The molecule has 1 unspecified atom stereocenters. The third-order valence-corrected chi connectivity index (χ3v) is 11.3. The first-order chi connectivity index (χ1) is 26.8. The summed E-state index contributed by atoms with van der Waals surface area (Å²) < 4.78 is 71.6. The van der Waals surface area contributed by atoms with E-state index in [1.165, 1.54) is 15.4 Å². The number of pyridine rings is 1. The van der Waals surface area contributed by atoms with Crippen LogP contribution in [0.1, 0.15) is 90.9 Å². The van der Waals surface area contributed by atoms with E-state index in [0.29, 0.717) is 24.3 Å². The number of halogens is 5. The number of hydrogen-bond acceptors (Lipinski definition) is 8. The fourth-order valence-electron chi connectivity index (χ4n) is 8.35. The molecule has 1 atom stereocenters. The Labute approximate surface area is 318 Å². The number of carbonyl (C=O) groups excluding carboxylic acids is 3. The molecule has 1 saturated carbocycles. The fourth-order valence-corrected chi connectivity index (χ4v) is 8.35. The Balaban J connectivity index is 0.872. The van der Waals surface area contributed by atoms with Crippen molar-refractivity contribution < 1.29 is 36.3 Å². The van der Waals surface area contributed by atoms with E-state index in [4.69, 9.17) is 0 Å². The summed E-state index contributed by atoms with van der Waals surface area (Å²) in [6, 6.07) is 7.75. The van der Waals surface area contributed by atoms with Crippen LogP contribution in [0.5, 0.6) is 0 Å². The smallest absolute Gasteiger partial charge is 0.318 e. The van der Waals surface area contributed by atoms with Crippen LogP contribution in [0.3, 0.4) is 0 Å². The Morgan fingerprint density at radius 3 is 2.38 bits per heavy atom. The van der Waals surface area contributed by atoms with Gasteiger partial charge in [0.1, 0.15) is 17.4 Å². The normalized spacial score (nSPS) is 21.5. The van der Waals surface area contributed by atoms with Crippen LogP contribution in [-0.2, 0) is 29.2 Å². The quantitative estimate of drug-likeness (QED) is 0.158. The molecule has 5 heterocycles. The van der Waals surface area contributed by atoms with Gasteiger partial charge in [-0.3, -0.25) is 33.5 Å². The third-order valence-electron chi connectivity index (χ3n) is 11.3. The molecule has 3 amide bonds. The minimum atomic E-state index is -4.76. The van der Waals surface area contributed by atoms with E-state index in [9.17, 15) is 41.1 Å². The number of piperazine rings is 1. The second-order valence-corrected chi connectivity index (χ2v) is 15.0. The van der Waals surface area contributed by atoms with Crippen molar-refractivity contribution in [3.8, 4) is 0 Å². The van der Waals surface area contributed by atoms with Gasteiger partial charge in [0, 0.05) is 52.4 Å². The summed E-state index contributed by atoms with van der Waals surface area (Å²) in [6.07, 6.45) is -1.10. The molecule has 1 aliphatic carbocycles. The molecular weight excluding hydrogens is 741 g/mol. The number of nitrogens with zero attached hydrogens (tertiary/aromatic N) is 7. The number of imide groups is 1. The number of anilines is 1. The lowest BCUT2D eigenvalue weighted by atomic mass is 9.85. The SMILES string of the molecule is Cn1c(=O)n(C2CCC(=O)NC2=O)c2cccc(CCCN3CCN(CC4CCC(n5cc(NC(=O)c6cccc(C(F)(F)F)n6)c(C(F)F)n5)CC4)CC3)c21. The second kappa shape index (κ2) is 16.3. The van der Waals surface area contributed by atoms with Gasteiger partial charge < -0.3 is 15.1 Å². The van der Waals surface area contributed by atoms with Gasteiger partial charge in [-0.05, 0) is 81.2 Å². The number of rotatable bonds is 11. The van der Waals surface area contributed by atoms with Gasteiger partial charge in [0.2, 0.25) is 11.8 Å². The van der Waals surface area contributed by atoms with Gasteiger partial charge in [0.15, 0.2) is 5.69 Å². The van der Waals surface area contributed by atoms with Crippen molar-refractivity contribution in [1.82, 2.24) is 39.0 Å². The molecule has 0 radical (unpaired) electrons. The molecule has 300 valence electrons. The minimum absolute atomic E-state index is 0.151. The zero-order chi connectivity index (χ0) is 39.7. The molecule has 2 aliphatic heterocycles. The van der Waals surface area contributed by atoms with E-state index in [1.54, 1.807) is 11.6 Å². The highest BCUT2D eigenvalue weighted by Gasteiger charge is 2.34. The van der Waals surface area contributed by atoms with Crippen molar-refractivity contribution in [1.29, 1.82) is 0 Å². The summed E-state index contributed by atoms with van der Waals surface area (Å²) >= 11 is 0. The number of piperidine rings is 1. The first-order valence-corrected chi connectivity index (χ1v) is 19.0. The molecule has 56 heavy (non-hydrogen) atoms. The van der Waals surface area contributed by atoms with Crippen LogP contribution >= 0.6 is 0 Å². The van der Waals surface area contributed by atoms with Gasteiger partial charge in [0.05, 0.1) is 22.8 Å². The predicted octanol–water partition coefficient (Wildman–Crippen LogP) is 5.10. The highest BCUT2D eigenvalue weighted by Crippen LogP contribution is 2.36. The first kappa shape index (κ1) is 39.3. The van der Waals surface area contributed by atoms with Gasteiger partial charge >= 0.3 is 11.9 Å². The zero-order valence-corrected chi connectivity index (χ0v) is 30.9. The molecule has 0 spiro atoms. The summed E-state index contributed by atoms with van der Waals surface area (Å²) in [5, 5.41) is 8.71. The Bertz CT molecular complexity index is 2150. The number of carbonyl (C=O) groups is 3. The molecule has 3 fully saturated rings. The van der Waals surface area contributed by atoms with Crippen molar-refractivity contribution in [2.75, 3.05) is 44.6 Å². The van der Waals surface area contributed by atoms with Crippen molar-refractivity contribution in [3.05, 3.63) is 75.7 Å². The molecule has 3 aromatic heterocycles. The number of aryl methyl sites for hydroxylation is 2. The van der Waals surface area contributed by atoms with E-state index >= 15 is 0 Å². The van der Waals surface area contributed by atoms with Crippen LogP contribution in [0.2, 0.25) is 0 Å². The summed E-state index contributed by atoms with van der Waals surface area (Å²) in [5.41, 5.74) is -0.434. The number of nitrogens with one attached hydrogen (secondary N) is 2. The number of benzene rings is 1. The van der Waals surface area contributed by atoms with Crippen LogP contribution in [0, 0.1) is 5.92 Å². The lowest BCUT2D eigenvalue weighted by Crippen LogP contribution is -2.48. The molecule has 1 aromatic carbocycles. The highest BCUT2D eigenvalue weighted by atomic mass is 19.4. The Kier molecular flexibility index (Phi) is 11.4. The van der Waals surface area contributed by atoms with Crippen LogP contribution in [0.4, 0.5) is 27.6 Å². The summed E-state index contributed by atoms with van der Waals surface area (Å²) in [4.78, 5) is 58.5. The van der Waals surface area contributed by atoms with E-state index in [2.05, 4.69) is 30.5 Å². The van der Waals surface area contributed by atoms with Gasteiger partial charge in [-0.1, -0.05) is 18.2 Å². The Morgan fingerprint density at radius 1 is 0.964 bits per heavy atom. The minimum Gasteiger partial charge on any atom is -0.318 e. The molecule has 13 nitrogen and oxygen atoms in total. The molecule has 2 N–H and O–H groups in total. The fraction of sp³-hybridized carbons (Fsp3) is 0.526. The van der Waals surface area contributed by atoms with Gasteiger partial charge in [-0.15, -0.1) is 0 Å². The third kappa shape index (κ3) is 8.40. The van der Waals surface area contributed by atoms with Crippen LogP contribution in [-0.4, -0.2) is 90.7 Å².